The van der Waals surface area contributed by atoms with Crippen LogP contribution >= 0.6 is 0 Å². The lowest BCUT2D eigenvalue weighted by molar-refractivity contribution is -0.135. The fourth-order valence-corrected chi connectivity index (χ4v) is 1.71. The van der Waals surface area contributed by atoms with Gasteiger partial charge in [-0.2, -0.15) is 0 Å². The normalized spacial score (nSPS) is 11.0. The first-order chi connectivity index (χ1) is 10.2. The number of benzene rings is 2. The van der Waals surface area contributed by atoms with Crippen molar-refractivity contribution in [3.63, 3.8) is 0 Å². The number of aliphatic carboxylic acids is 1. The summed E-state index contributed by atoms with van der Waals surface area (Å²) in [4.78, 5) is 11.1. The lowest BCUT2D eigenvalue weighted by atomic mass is 10.3. The number of rotatable bonds is 6. The number of para-hydroxylation sites is 3. The first kappa shape index (κ1) is 14.7. The van der Waals surface area contributed by atoms with Crippen LogP contribution in [0.3, 0.4) is 0 Å². The van der Waals surface area contributed by atoms with Gasteiger partial charge < -0.3 is 14.6 Å². The minimum absolute atomic E-state index is 0.110. The predicted octanol–water partition coefficient (Wildman–Crippen LogP) is 4.24. The Morgan fingerprint density at radius 3 is 2.29 bits per heavy atom. The first-order valence-electron chi connectivity index (χ1n) is 6.64. The monoisotopic (exact) mass is 284 g/mol. The van der Waals surface area contributed by atoms with E-state index in [4.69, 9.17) is 14.6 Å². The number of hydrogen-bond donors (Lipinski definition) is 1. The van der Waals surface area contributed by atoms with Crippen molar-refractivity contribution in [2.24, 2.45) is 0 Å². The molecule has 2 aromatic rings. The molecule has 2 aromatic carbocycles. The van der Waals surface area contributed by atoms with Gasteiger partial charge >= 0.3 is 5.97 Å². The van der Waals surface area contributed by atoms with Gasteiger partial charge in [0.05, 0.1) is 0 Å². The van der Waals surface area contributed by atoms with Gasteiger partial charge in [-0.25, -0.2) is 4.79 Å². The molecule has 0 spiro atoms. The minimum Gasteiger partial charge on any atom is -0.475 e. The van der Waals surface area contributed by atoms with Crippen LogP contribution in [0.25, 0.3) is 0 Å². The van der Waals surface area contributed by atoms with Crippen LogP contribution in [-0.4, -0.2) is 11.1 Å². The summed E-state index contributed by atoms with van der Waals surface area (Å²) in [7, 11) is 0. The molecule has 0 aromatic heterocycles. The van der Waals surface area contributed by atoms with E-state index in [-0.39, 0.29) is 5.76 Å². The Bertz CT molecular complexity index is 632. The second-order valence-corrected chi connectivity index (χ2v) is 4.25. The second kappa shape index (κ2) is 7.14. The number of allylic oxidation sites excluding steroid dienone is 1. The van der Waals surface area contributed by atoms with Crippen molar-refractivity contribution in [3.05, 3.63) is 66.4 Å². The van der Waals surface area contributed by atoms with Gasteiger partial charge in [0, 0.05) is 0 Å². The molecule has 4 nitrogen and oxygen atoms in total. The topological polar surface area (TPSA) is 55.8 Å². The van der Waals surface area contributed by atoms with E-state index in [1.165, 1.54) is 6.08 Å². The van der Waals surface area contributed by atoms with Gasteiger partial charge in [-0.05, 0) is 36.8 Å². The molecule has 2 rings (SSSR count). The average Bonchev–Trinajstić information content (AvgIpc) is 2.49. The quantitative estimate of drug-likeness (QED) is 0.637. The van der Waals surface area contributed by atoms with Crippen LogP contribution in [0.15, 0.2) is 66.4 Å². The summed E-state index contributed by atoms with van der Waals surface area (Å²) in [5.74, 6) is 0.272. The molecule has 1 N–H and O–H groups in total. The van der Waals surface area contributed by atoms with Crippen LogP contribution in [0.4, 0.5) is 0 Å². The van der Waals surface area contributed by atoms with Gasteiger partial charge in [0.15, 0.2) is 11.5 Å². The molecule has 21 heavy (non-hydrogen) atoms. The largest absolute Gasteiger partial charge is 0.475 e. The van der Waals surface area contributed by atoms with Gasteiger partial charge in [0.1, 0.15) is 5.75 Å². The van der Waals surface area contributed by atoms with E-state index >= 15 is 0 Å². The lowest BCUT2D eigenvalue weighted by Gasteiger charge is -2.12. The highest BCUT2D eigenvalue weighted by molar-refractivity contribution is 5.84. The van der Waals surface area contributed by atoms with Crippen molar-refractivity contribution in [3.8, 4) is 17.2 Å². The number of carboxylic acid groups (broad SMARTS) is 1. The van der Waals surface area contributed by atoms with Crippen LogP contribution < -0.4 is 9.47 Å². The molecule has 0 aliphatic carbocycles. The smallest absolute Gasteiger partial charge is 0.371 e. The van der Waals surface area contributed by atoms with Crippen molar-refractivity contribution in [1.29, 1.82) is 0 Å². The SMILES string of the molecule is CCC=C(Oc1ccccc1Oc1ccccc1)C(=O)O. The fraction of sp³-hybridized carbons (Fsp3) is 0.118. The van der Waals surface area contributed by atoms with E-state index in [1.54, 1.807) is 24.3 Å². The van der Waals surface area contributed by atoms with Crippen molar-refractivity contribution in [2.45, 2.75) is 13.3 Å². The van der Waals surface area contributed by atoms with Crippen LogP contribution in [0.2, 0.25) is 0 Å². The molecular weight excluding hydrogens is 268 g/mol. The third-order valence-electron chi connectivity index (χ3n) is 2.64. The Morgan fingerprint density at radius 1 is 1.05 bits per heavy atom. The molecule has 108 valence electrons. The Labute approximate surface area is 123 Å². The zero-order valence-corrected chi connectivity index (χ0v) is 11.7. The molecule has 0 unspecified atom stereocenters. The van der Waals surface area contributed by atoms with E-state index in [2.05, 4.69) is 0 Å². The molecule has 0 saturated carbocycles. The molecule has 0 bridgehead atoms. The van der Waals surface area contributed by atoms with E-state index in [1.807, 2.05) is 37.3 Å². The number of carbonyl (C=O) groups is 1. The Morgan fingerprint density at radius 2 is 1.67 bits per heavy atom. The van der Waals surface area contributed by atoms with Gasteiger partial charge in [-0.1, -0.05) is 37.3 Å². The third kappa shape index (κ3) is 4.11. The summed E-state index contributed by atoms with van der Waals surface area (Å²) in [6.45, 7) is 1.85. The molecular formula is C17H16O4. The van der Waals surface area contributed by atoms with E-state index in [9.17, 15) is 4.79 Å². The van der Waals surface area contributed by atoms with Gasteiger partial charge in [0.2, 0.25) is 5.76 Å². The Kier molecular flexibility index (Phi) is 4.99. The summed E-state index contributed by atoms with van der Waals surface area (Å²) in [5, 5.41) is 9.11. The molecule has 0 heterocycles. The Hall–Kier alpha value is -2.75. The number of hydrogen-bond acceptors (Lipinski definition) is 3. The van der Waals surface area contributed by atoms with E-state index in [0.29, 0.717) is 23.7 Å². The maximum atomic E-state index is 11.1. The fourth-order valence-electron chi connectivity index (χ4n) is 1.71. The summed E-state index contributed by atoms with van der Waals surface area (Å²) in [5.41, 5.74) is 0. The highest BCUT2D eigenvalue weighted by atomic mass is 16.5. The number of ether oxygens (including phenoxy) is 2. The molecule has 0 fully saturated rings. The summed E-state index contributed by atoms with van der Waals surface area (Å²) in [6.07, 6.45) is 2.09. The van der Waals surface area contributed by atoms with Crippen LogP contribution in [0, 0.1) is 0 Å². The summed E-state index contributed by atoms with van der Waals surface area (Å²) < 4.78 is 11.2. The van der Waals surface area contributed by atoms with Crippen molar-refractivity contribution < 1.29 is 19.4 Å². The standard InChI is InChI=1S/C17H16O4/c1-2-8-16(17(18)19)21-15-12-7-6-11-14(15)20-13-9-4-3-5-10-13/h3-12H,2H2,1H3,(H,18,19). The zero-order valence-electron chi connectivity index (χ0n) is 11.7. The Balaban J connectivity index is 2.24. The van der Waals surface area contributed by atoms with Gasteiger partial charge in [0.25, 0.3) is 0 Å². The highest BCUT2D eigenvalue weighted by Gasteiger charge is 2.13. The molecule has 0 saturated heterocycles. The summed E-state index contributed by atoms with van der Waals surface area (Å²) >= 11 is 0. The van der Waals surface area contributed by atoms with Crippen molar-refractivity contribution >= 4 is 5.97 Å². The van der Waals surface area contributed by atoms with E-state index < -0.39 is 5.97 Å². The highest BCUT2D eigenvalue weighted by Crippen LogP contribution is 2.32. The molecule has 0 atom stereocenters. The van der Waals surface area contributed by atoms with Crippen LogP contribution in [0.5, 0.6) is 17.2 Å². The molecule has 0 radical (unpaired) electrons. The average molecular weight is 284 g/mol. The molecule has 0 amide bonds. The first-order valence-corrected chi connectivity index (χ1v) is 6.64. The maximum absolute atomic E-state index is 11.1. The van der Waals surface area contributed by atoms with Gasteiger partial charge in [-0.3, -0.25) is 0 Å². The molecule has 0 aliphatic rings. The number of carboxylic acids is 1. The van der Waals surface area contributed by atoms with Gasteiger partial charge in [-0.15, -0.1) is 0 Å². The predicted molar refractivity (Wildman–Crippen MR) is 79.6 cm³/mol. The maximum Gasteiger partial charge on any atom is 0.371 e. The zero-order chi connectivity index (χ0) is 15.1. The minimum atomic E-state index is -1.11. The summed E-state index contributed by atoms with van der Waals surface area (Å²) in [6, 6.07) is 16.2. The van der Waals surface area contributed by atoms with Crippen molar-refractivity contribution in [2.75, 3.05) is 0 Å². The van der Waals surface area contributed by atoms with Crippen LogP contribution in [-0.2, 0) is 4.79 Å². The molecule has 0 aliphatic heterocycles. The van der Waals surface area contributed by atoms with Crippen molar-refractivity contribution in [1.82, 2.24) is 0 Å². The lowest BCUT2D eigenvalue weighted by Crippen LogP contribution is -2.08. The van der Waals surface area contributed by atoms with E-state index in [0.717, 1.165) is 0 Å². The van der Waals surface area contributed by atoms with Crippen LogP contribution in [0.1, 0.15) is 13.3 Å². The molecule has 4 heteroatoms. The third-order valence-corrected chi connectivity index (χ3v) is 2.64. The second-order valence-electron chi connectivity index (χ2n) is 4.25.